The topological polar surface area (TPSA) is 46.3 Å². The normalized spacial score (nSPS) is 12.5. The molecule has 0 saturated heterocycles. The van der Waals surface area contributed by atoms with Gasteiger partial charge in [-0.2, -0.15) is 0 Å². The van der Waals surface area contributed by atoms with E-state index in [0.29, 0.717) is 12.5 Å². The van der Waals surface area contributed by atoms with Crippen molar-refractivity contribution in [2.24, 2.45) is 11.7 Å². The van der Waals surface area contributed by atoms with Gasteiger partial charge in [0.25, 0.3) is 0 Å². The molecule has 1 atom stereocenters. The summed E-state index contributed by atoms with van der Waals surface area (Å²) in [4.78, 5) is 14.0. The molecule has 0 fully saturated rings. The molecule has 3 heteroatoms. The number of hydrogen-bond acceptors (Lipinski definition) is 2. The fraction of sp³-hybridized carbons (Fsp3) is 0.917. The Kier molecular flexibility index (Phi) is 8.38. The first-order valence-corrected chi connectivity index (χ1v) is 6.16. The number of nitrogens with zero attached hydrogens (tertiary/aromatic N) is 1. The predicted molar refractivity (Wildman–Crippen MR) is 64.6 cm³/mol. The van der Waals surface area contributed by atoms with Crippen LogP contribution in [0, 0.1) is 5.92 Å². The van der Waals surface area contributed by atoms with Gasteiger partial charge in [-0.15, -0.1) is 0 Å². The Labute approximate surface area is 94.0 Å². The van der Waals surface area contributed by atoms with Crippen molar-refractivity contribution in [1.29, 1.82) is 0 Å². The number of hydrogen-bond donors (Lipinski definition) is 1. The van der Waals surface area contributed by atoms with Crippen molar-refractivity contribution < 1.29 is 4.79 Å². The molecule has 1 unspecified atom stereocenters. The van der Waals surface area contributed by atoms with Crippen molar-refractivity contribution in [3.05, 3.63) is 0 Å². The molecule has 0 aliphatic rings. The van der Waals surface area contributed by atoms with Crippen LogP contribution in [0.2, 0.25) is 0 Å². The Bertz CT molecular complexity index is 165. The van der Waals surface area contributed by atoms with E-state index in [4.69, 9.17) is 5.73 Å². The standard InChI is InChI=1S/C12H26N2O/c1-4-9-14(10-5-2)12(15)11(3)7-6-8-13/h11H,4-10,13H2,1-3H3. The van der Waals surface area contributed by atoms with Crippen molar-refractivity contribution in [2.75, 3.05) is 19.6 Å². The lowest BCUT2D eigenvalue weighted by molar-refractivity contribution is -0.135. The van der Waals surface area contributed by atoms with Crippen molar-refractivity contribution in [2.45, 2.75) is 46.5 Å². The van der Waals surface area contributed by atoms with Crippen LogP contribution in [0.25, 0.3) is 0 Å². The third kappa shape index (κ3) is 5.78. The fourth-order valence-corrected chi connectivity index (χ4v) is 1.73. The van der Waals surface area contributed by atoms with Crippen LogP contribution in [0.4, 0.5) is 0 Å². The summed E-state index contributed by atoms with van der Waals surface area (Å²) in [6.07, 6.45) is 3.93. The van der Waals surface area contributed by atoms with Gasteiger partial charge in [0.2, 0.25) is 5.91 Å². The summed E-state index contributed by atoms with van der Waals surface area (Å²) < 4.78 is 0. The van der Waals surface area contributed by atoms with Crippen LogP contribution in [0.1, 0.15) is 46.5 Å². The SMILES string of the molecule is CCCN(CCC)C(=O)C(C)CCCN. The molecule has 0 aliphatic carbocycles. The lowest BCUT2D eigenvalue weighted by Crippen LogP contribution is -2.36. The Morgan fingerprint density at radius 3 is 2.20 bits per heavy atom. The third-order valence-corrected chi connectivity index (χ3v) is 2.56. The van der Waals surface area contributed by atoms with Gasteiger partial charge in [0.1, 0.15) is 0 Å². The largest absolute Gasteiger partial charge is 0.342 e. The number of amides is 1. The van der Waals surface area contributed by atoms with Crippen LogP contribution in [0.15, 0.2) is 0 Å². The Morgan fingerprint density at radius 1 is 1.27 bits per heavy atom. The lowest BCUT2D eigenvalue weighted by atomic mass is 10.0. The summed E-state index contributed by atoms with van der Waals surface area (Å²) in [5, 5.41) is 0. The molecule has 90 valence electrons. The van der Waals surface area contributed by atoms with E-state index >= 15 is 0 Å². The van der Waals surface area contributed by atoms with Crippen molar-refractivity contribution in [3.8, 4) is 0 Å². The van der Waals surface area contributed by atoms with E-state index in [1.54, 1.807) is 0 Å². The van der Waals surface area contributed by atoms with Crippen LogP contribution < -0.4 is 5.73 Å². The maximum Gasteiger partial charge on any atom is 0.225 e. The molecule has 1 amide bonds. The van der Waals surface area contributed by atoms with E-state index in [0.717, 1.165) is 38.8 Å². The number of nitrogens with two attached hydrogens (primary N) is 1. The molecule has 0 aliphatic heterocycles. The van der Waals surface area contributed by atoms with Gasteiger partial charge in [0.15, 0.2) is 0 Å². The summed E-state index contributed by atoms with van der Waals surface area (Å²) in [6.45, 7) is 8.69. The smallest absolute Gasteiger partial charge is 0.225 e. The quantitative estimate of drug-likeness (QED) is 0.672. The minimum Gasteiger partial charge on any atom is -0.342 e. The van der Waals surface area contributed by atoms with Crippen LogP contribution in [0.3, 0.4) is 0 Å². The van der Waals surface area contributed by atoms with Crippen LogP contribution in [0.5, 0.6) is 0 Å². The first kappa shape index (κ1) is 14.4. The zero-order chi connectivity index (χ0) is 11.7. The molecular weight excluding hydrogens is 188 g/mol. The summed E-state index contributed by atoms with van der Waals surface area (Å²) in [7, 11) is 0. The zero-order valence-corrected chi connectivity index (χ0v) is 10.5. The Balaban J connectivity index is 4.08. The third-order valence-electron chi connectivity index (χ3n) is 2.56. The maximum atomic E-state index is 12.0. The van der Waals surface area contributed by atoms with Crippen LogP contribution in [-0.2, 0) is 4.79 Å². The molecule has 3 nitrogen and oxygen atoms in total. The van der Waals surface area contributed by atoms with Crippen molar-refractivity contribution in [1.82, 2.24) is 4.90 Å². The van der Waals surface area contributed by atoms with Gasteiger partial charge >= 0.3 is 0 Å². The van der Waals surface area contributed by atoms with E-state index < -0.39 is 0 Å². The van der Waals surface area contributed by atoms with Gasteiger partial charge in [-0.1, -0.05) is 20.8 Å². The summed E-state index contributed by atoms with van der Waals surface area (Å²) in [5.74, 6) is 0.429. The predicted octanol–water partition coefficient (Wildman–Crippen LogP) is 2.01. The van der Waals surface area contributed by atoms with Gasteiger partial charge in [-0.05, 0) is 32.2 Å². The highest BCUT2D eigenvalue weighted by molar-refractivity contribution is 5.78. The molecular formula is C12H26N2O. The first-order chi connectivity index (χ1) is 7.17. The number of carbonyl (C=O) groups excluding carboxylic acids is 1. The highest BCUT2D eigenvalue weighted by Crippen LogP contribution is 2.10. The van der Waals surface area contributed by atoms with Gasteiger partial charge in [-0.25, -0.2) is 0 Å². The summed E-state index contributed by atoms with van der Waals surface area (Å²) >= 11 is 0. The van der Waals surface area contributed by atoms with E-state index in [1.807, 2.05) is 11.8 Å². The van der Waals surface area contributed by atoms with Crippen molar-refractivity contribution >= 4 is 5.91 Å². The van der Waals surface area contributed by atoms with E-state index in [9.17, 15) is 4.79 Å². The van der Waals surface area contributed by atoms with E-state index in [1.165, 1.54) is 0 Å². The second kappa shape index (κ2) is 8.72. The van der Waals surface area contributed by atoms with Gasteiger partial charge < -0.3 is 10.6 Å². The summed E-state index contributed by atoms with van der Waals surface area (Å²) in [6, 6.07) is 0. The van der Waals surface area contributed by atoms with Crippen LogP contribution in [-0.4, -0.2) is 30.4 Å². The zero-order valence-electron chi connectivity index (χ0n) is 10.5. The maximum absolute atomic E-state index is 12.0. The molecule has 0 aromatic carbocycles. The molecule has 0 aromatic heterocycles. The van der Waals surface area contributed by atoms with Crippen LogP contribution >= 0.6 is 0 Å². The average molecular weight is 214 g/mol. The minimum atomic E-state index is 0.131. The Morgan fingerprint density at radius 2 is 1.80 bits per heavy atom. The van der Waals surface area contributed by atoms with E-state index in [-0.39, 0.29) is 5.92 Å². The van der Waals surface area contributed by atoms with E-state index in [2.05, 4.69) is 13.8 Å². The summed E-state index contributed by atoms with van der Waals surface area (Å²) in [5.41, 5.74) is 5.45. The molecule has 0 heterocycles. The molecule has 0 radical (unpaired) electrons. The van der Waals surface area contributed by atoms with Gasteiger partial charge in [-0.3, -0.25) is 4.79 Å². The molecule has 0 spiro atoms. The average Bonchev–Trinajstić information content (AvgIpc) is 2.24. The second-order valence-electron chi connectivity index (χ2n) is 4.16. The number of rotatable bonds is 8. The second-order valence-corrected chi connectivity index (χ2v) is 4.16. The van der Waals surface area contributed by atoms with Crippen molar-refractivity contribution in [3.63, 3.8) is 0 Å². The highest BCUT2D eigenvalue weighted by Gasteiger charge is 2.18. The Hall–Kier alpha value is -0.570. The molecule has 0 rings (SSSR count). The molecule has 0 aromatic rings. The molecule has 2 N–H and O–H groups in total. The fourth-order valence-electron chi connectivity index (χ4n) is 1.73. The van der Waals surface area contributed by atoms with Gasteiger partial charge in [0.05, 0.1) is 0 Å². The molecule has 0 bridgehead atoms. The monoisotopic (exact) mass is 214 g/mol. The molecule has 15 heavy (non-hydrogen) atoms. The number of carbonyl (C=O) groups is 1. The lowest BCUT2D eigenvalue weighted by Gasteiger charge is -2.25. The minimum absolute atomic E-state index is 0.131. The molecule has 0 saturated carbocycles. The highest BCUT2D eigenvalue weighted by atomic mass is 16.2. The first-order valence-electron chi connectivity index (χ1n) is 6.16. The van der Waals surface area contributed by atoms with Gasteiger partial charge in [0, 0.05) is 19.0 Å².